The number of pyridine rings is 1. The minimum absolute atomic E-state index is 0. The number of aromatic nitrogens is 2. The van der Waals surface area contributed by atoms with Gasteiger partial charge in [0.15, 0.2) is 0 Å². The van der Waals surface area contributed by atoms with E-state index in [-0.39, 0.29) is 7.43 Å². The van der Waals surface area contributed by atoms with Crippen LogP contribution < -0.4 is 0 Å². The lowest BCUT2D eigenvalue weighted by molar-refractivity contribution is 0.0685. The quantitative estimate of drug-likeness (QED) is 0.393. The van der Waals surface area contributed by atoms with Gasteiger partial charge in [-0.05, 0) is 35.2 Å². The van der Waals surface area contributed by atoms with Crippen LogP contribution in [-0.4, -0.2) is 37.6 Å². The molecular formula is C25H28N2O4. The van der Waals surface area contributed by atoms with Crippen LogP contribution >= 0.6 is 0 Å². The van der Waals surface area contributed by atoms with Gasteiger partial charge in [-0.2, -0.15) is 0 Å². The van der Waals surface area contributed by atoms with E-state index >= 15 is 0 Å². The van der Waals surface area contributed by atoms with E-state index in [2.05, 4.69) is 29.2 Å². The van der Waals surface area contributed by atoms with E-state index in [9.17, 15) is 9.90 Å². The summed E-state index contributed by atoms with van der Waals surface area (Å²) in [7, 11) is 0. The maximum Gasteiger partial charge on any atom is 0.352 e. The Morgan fingerprint density at radius 1 is 0.935 bits per heavy atom. The normalized spacial score (nSPS) is 10.2. The predicted octanol–water partition coefficient (Wildman–Crippen LogP) is 5.04. The third kappa shape index (κ3) is 5.17. The number of hydrogen-bond donors (Lipinski definition) is 3. The molecule has 4 rings (SSSR count). The lowest BCUT2D eigenvalue weighted by Gasteiger charge is -2.09. The molecule has 0 unspecified atom stereocenters. The number of carboxylic acids is 1. The Balaban J connectivity index is 0.000000808. The van der Waals surface area contributed by atoms with Gasteiger partial charge in [0.2, 0.25) is 0 Å². The molecule has 0 amide bonds. The van der Waals surface area contributed by atoms with Gasteiger partial charge in [0, 0.05) is 23.7 Å². The van der Waals surface area contributed by atoms with E-state index in [1.807, 2.05) is 48.0 Å². The summed E-state index contributed by atoms with van der Waals surface area (Å²) in [6.45, 7) is 1.94. The maximum atomic E-state index is 11.7. The van der Waals surface area contributed by atoms with Crippen molar-refractivity contribution in [1.29, 1.82) is 0 Å². The third-order valence-electron chi connectivity index (χ3n) is 4.78. The van der Waals surface area contributed by atoms with Crippen molar-refractivity contribution in [3.05, 3.63) is 78.8 Å². The number of rotatable bonds is 5. The van der Waals surface area contributed by atoms with Crippen molar-refractivity contribution in [3.63, 3.8) is 0 Å². The average Bonchev–Trinajstić information content (AvgIpc) is 3.14. The summed E-state index contributed by atoms with van der Waals surface area (Å²) in [6.07, 6.45) is 4.42. The second kappa shape index (κ2) is 11.1. The molecule has 3 N–H and O–H groups in total. The highest BCUT2D eigenvalue weighted by molar-refractivity contribution is 6.01. The first-order valence-electron chi connectivity index (χ1n) is 9.68. The number of fused-ring (bicyclic) bond motifs is 1. The maximum absolute atomic E-state index is 11.7. The van der Waals surface area contributed by atoms with Crippen molar-refractivity contribution in [1.82, 2.24) is 9.55 Å². The van der Waals surface area contributed by atoms with E-state index in [0.29, 0.717) is 12.2 Å². The molecule has 0 saturated heterocycles. The Labute approximate surface area is 182 Å². The van der Waals surface area contributed by atoms with Crippen LogP contribution in [0.4, 0.5) is 0 Å². The Hall–Kier alpha value is -3.48. The molecule has 2 aromatic heterocycles. The van der Waals surface area contributed by atoms with Crippen molar-refractivity contribution in [2.45, 2.75) is 27.3 Å². The summed E-state index contributed by atoms with van der Waals surface area (Å²) in [5.74, 6) is -0.913. The Morgan fingerprint density at radius 3 is 2.23 bits per heavy atom. The Bertz CT molecular complexity index is 1140. The zero-order valence-electron chi connectivity index (χ0n) is 16.7. The molecule has 4 aromatic rings. The summed E-state index contributed by atoms with van der Waals surface area (Å²) in [5.41, 5.74) is 5.41. The molecule has 0 saturated carbocycles. The first-order chi connectivity index (χ1) is 14.6. The number of aromatic carboxylic acids is 1. The van der Waals surface area contributed by atoms with E-state index in [1.54, 1.807) is 12.3 Å². The predicted molar refractivity (Wildman–Crippen MR) is 124 cm³/mol. The van der Waals surface area contributed by atoms with Gasteiger partial charge in [-0.15, -0.1) is 0 Å². The standard InChI is InChI=1S/C23H20N2O2.CH4O2.CH4/c1-2-11-25-21(23(26)27)13-19-20(14-24-15-22(19)25)18-10-6-9-17(12-18)16-7-4-3-5-8-16;2-1-3;/h3-10,12-15H,2,11H2,1H3,(H,26,27);2-3H,1H2;1H4. The van der Waals surface area contributed by atoms with Gasteiger partial charge < -0.3 is 19.9 Å². The van der Waals surface area contributed by atoms with Crippen LogP contribution in [0.1, 0.15) is 31.3 Å². The van der Waals surface area contributed by atoms with E-state index in [4.69, 9.17) is 10.2 Å². The van der Waals surface area contributed by atoms with Crippen LogP contribution in [0.25, 0.3) is 33.2 Å². The highest BCUT2D eigenvalue weighted by atomic mass is 16.5. The minimum atomic E-state index is -0.913. The fourth-order valence-corrected chi connectivity index (χ4v) is 3.54. The summed E-state index contributed by atoms with van der Waals surface area (Å²) >= 11 is 0. The molecule has 162 valence electrons. The monoisotopic (exact) mass is 420 g/mol. The number of aliphatic hydroxyl groups excluding tert-OH is 1. The minimum Gasteiger partial charge on any atom is -0.477 e. The smallest absolute Gasteiger partial charge is 0.352 e. The van der Waals surface area contributed by atoms with E-state index < -0.39 is 12.8 Å². The second-order valence-corrected chi connectivity index (χ2v) is 6.69. The van der Waals surface area contributed by atoms with Crippen molar-refractivity contribution in [3.8, 4) is 22.3 Å². The summed E-state index contributed by atoms with van der Waals surface area (Å²) in [4.78, 5) is 16.1. The summed E-state index contributed by atoms with van der Waals surface area (Å²) < 4.78 is 1.84. The van der Waals surface area contributed by atoms with E-state index in [1.165, 1.54) is 0 Å². The van der Waals surface area contributed by atoms with Gasteiger partial charge in [0.25, 0.3) is 0 Å². The molecule has 0 radical (unpaired) electrons. The highest BCUT2D eigenvalue weighted by Gasteiger charge is 2.17. The lowest BCUT2D eigenvalue weighted by Crippen LogP contribution is -2.07. The van der Waals surface area contributed by atoms with Crippen molar-refractivity contribution in [2.75, 3.05) is 6.79 Å². The Morgan fingerprint density at radius 2 is 1.58 bits per heavy atom. The lowest BCUT2D eigenvalue weighted by atomic mass is 9.98. The second-order valence-electron chi connectivity index (χ2n) is 6.69. The number of nitrogens with zero attached hydrogens (tertiary/aromatic N) is 2. The molecule has 0 atom stereocenters. The number of aliphatic hydroxyl groups is 2. The largest absolute Gasteiger partial charge is 0.477 e. The SMILES string of the molecule is C.CCCn1c(C(=O)O)cc2c(-c3cccc(-c4ccccc4)c3)cncc21.OCO. The number of benzene rings is 2. The van der Waals surface area contributed by atoms with Crippen LogP contribution in [0.3, 0.4) is 0 Å². The van der Waals surface area contributed by atoms with Crippen LogP contribution in [0.5, 0.6) is 0 Å². The molecule has 2 aromatic carbocycles. The van der Waals surface area contributed by atoms with Gasteiger partial charge in [0.05, 0.1) is 11.7 Å². The molecule has 0 aliphatic heterocycles. The molecule has 6 heteroatoms. The number of hydrogen-bond acceptors (Lipinski definition) is 4. The molecule has 0 aliphatic rings. The third-order valence-corrected chi connectivity index (χ3v) is 4.78. The topological polar surface area (TPSA) is 95.6 Å². The summed E-state index contributed by atoms with van der Waals surface area (Å²) in [5, 5.41) is 24.8. The van der Waals surface area contributed by atoms with Crippen molar-refractivity contribution < 1.29 is 20.1 Å². The van der Waals surface area contributed by atoms with Gasteiger partial charge in [-0.3, -0.25) is 4.98 Å². The molecule has 0 aliphatic carbocycles. The number of carboxylic acid groups (broad SMARTS) is 1. The fourth-order valence-electron chi connectivity index (χ4n) is 3.54. The first kappa shape index (κ1) is 23.8. The van der Waals surface area contributed by atoms with E-state index in [0.717, 1.165) is 39.6 Å². The summed E-state index contributed by atoms with van der Waals surface area (Å²) in [6, 6.07) is 20.2. The number of carbonyl (C=O) groups is 1. The first-order valence-corrected chi connectivity index (χ1v) is 9.68. The molecule has 6 nitrogen and oxygen atoms in total. The zero-order chi connectivity index (χ0) is 21.5. The van der Waals surface area contributed by atoms with Gasteiger partial charge in [-0.1, -0.05) is 62.9 Å². The molecule has 0 spiro atoms. The molecule has 0 bridgehead atoms. The van der Waals surface area contributed by atoms with Crippen LogP contribution in [0.15, 0.2) is 73.1 Å². The molecule has 2 heterocycles. The van der Waals surface area contributed by atoms with Gasteiger partial charge in [0.1, 0.15) is 12.5 Å². The van der Waals surface area contributed by atoms with Gasteiger partial charge >= 0.3 is 5.97 Å². The average molecular weight is 421 g/mol. The molecular weight excluding hydrogens is 392 g/mol. The van der Waals surface area contributed by atoms with Crippen LogP contribution in [0, 0.1) is 0 Å². The van der Waals surface area contributed by atoms with Gasteiger partial charge in [-0.25, -0.2) is 4.79 Å². The molecule has 31 heavy (non-hydrogen) atoms. The zero-order valence-corrected chi connectivity index (χ0v) is 16.7. The highest BCUT2D eigenvalue weighted by Crippen LogP contribution is 2.32. The fraction of sp³-hybridized carbons (Fsp3) is 0.200. The number of aryl methyl sites for hydroxylation is 1. The Kier molecular flexibility index (Phi) is 8.49. The van der Waals surface area contributed by atoms with Crippen molar-refractivity contribution in [2.24, 2.45) is 0 Å². The van der Waals surface area contributed by atoms with Crippen LogP contribution in [-0.2, 0) is 6.54 Å². The molecule has 0 fully saturated rings. The van der Waals surface area contributed by atoms with Crippen molar-refractivity contribution >= 4 is 16.9 Å². The van der Waals surface area contributed by atoms with Crippen LogP contribution in [0.2, 0.25) is 0 Å².